The highest BCUT2D eigenvalue weighted by Gasteiger charge is 2.23. The third kappa shape index (κ3) is 3.62. The van der Waals surface area contributed by atoms with Crippen LogP contribution in [0.2, 0.25) is 0 Å². The number of hydrogen-bond donors (Lipinski definition) is 1. The molecule has 1 saturated heterocycles. The molecule has 0 radical (unpaired) electrons. The lowest BCUT2D eigenvalue weighted by atomic mass is 10.1. The van der Waals surface area contributed by atoms with E-state index in [0.29, 0.717) is 5.95 Å². The van der Waals surface area contributed by atoms with Gasteiger partial charge < -0.3 is 4.57 Å². The van der Waals surface area contributed by atoms with Crippen molar-refractivity contribution in [3.05, 3.63) is 36.4 Å². The Morgan fingerprint density at radius 3 is 2.64 bits per heavy atom. The predicted molar refractivity (Wildman–Crippen MR) is 110 cm³/mol. The van der Waals surface area contributed by atoms with Crippen LogP contribution in [-0.4, -0.2) is 49.5 Å². The van der Waals surface area contributed by atoms with Gasteiger partial charge in [-0.05, 0) is 45.8 Å². The van der Waals surface area contributed by atoms with Crippen LogP contribution < -0.4 is 5.32 Å². The number of aryl methyl sites for hydroxylation is 1. The summed E-state index contributed by atoms with van der Waals surface area (Å²) >= 11 is 0. The molecular weight excluding hydrogens is 352 g/mol. The molecule has 4 rings (SSSR count). The van der Waals surface area contributed by atoms with Gasteiger partial charge in [-0.25, -0.2) is 15.0 Å². The van der Waals surface area contributed by atoms with E-state index in [1.165, 1.54) is 6.42 Å². The molecule has 1 fully saturated rings. The van der Waals surface area contributed by atoms with Gasteiger partial charge in [0.1, 0.15) is 5.82 Å². The highest BCUT2D eigenvalue weighted by molar-refractivity contribution is 5.94. The van der Waals surface area contributed by atoms with Crippen molar-refractivity contribution in [1.82, 2.24) is 24.4 Å². The fourth-order valence-electron chi connectivity index (χ4n) is 3.70. The first-order valence-corrected chi connectivity index (χ1v) is 9.83. The summed E-state index contributed by atoms with van der Waals surface area (Å²) in [5, 5.41) is 3.82. The van der Waals surface area contributed by atoms with Gasteiger partial charge in [0.15, 0.2) is 0 Å². The summed E-state index contributed by atoms with van der Waals surface area (Å²) < 4.78 is 2.05. The summed E-state index contributed by atoms with van der Waals surface area (Å²) in [7, 11) is 2.00. The third-order valence-electron chi connectivity index (χ3n) is 5.65. The van der Waals surface area contributed by atoms with Gasteiger partial charge >= 0.3 is 0 Å². The fourth-order valence-corrected chi connectivity index (χ4v) is 3.70. The number of amides is 1. The van der Waals surface area contributed by atoms with E-state index in [9.17, 15) is 4.79 Å². The number of imidazole rings is 1. The van der Waals surface area contributed by atoms with E-state index in [1.54, 1.807) is 6.20 Å². The number of likely N-dealkylation sites (tertiary alicyclic amines) is 1. The van der Waals surface area contributed by atoms with Crippen molar-refractivity contribution in [1.29, 1.82) is 0 Å². The Bertz CT molecular complexity index is 1010. The second kappa shape index (κ2) is 7.67. The number of rotatable bonds is 4. The predicted octanol–water partition coefficient (Wildman–Crippen LogP) is 3.15. The second-order valence-electron chi connectivity index (χ2n) is 7.48. The first-order valence-electron chi connectivity index (χ1n) is 9.83. The van der Waals surface area contributed by atoms with Crippen LogP contribution in [0, 0.1) is 6.92 Å². The molecule has 1 aromatic carbocycles. The van der Waals surface area contributed by atoms with Crippen LogP contribution in [0.15, 0.2) is 30.6 Å². The quantitative estimate of drug-likeness (QED) is 0.755. The lowest BCUT2D eigenvalue weighted by molar-refractivity contribution is -0.121. The molecule has 7 nitrogen and oxygen atoms in total. The van der Waals surface area contributed by atoms with Gasteiger partial charge in [0.2, 0.25) is 11.9 Å². The molecule has 0 spiro atoms. The highest BCUT2D eigenvalue weighted by Crippen LogP contribution is 2.24. The summed E-state index contributed by atoms with van der Waals surface area (Å²) in [5.41, 5.74) is 2.86. The zero-order valence-corrected chi connectivity index (χ0v) is 16.6. The van der Waals surface area contributed by atoms with Crippen LogP contribution in [0.1, 0.15) is 32.0 Å². The molecular formula is C21H26N6O. The number of nitrogens with zero attached hydrogens (tertiary/aromatic N) is 5. The van der Waals surface area contributed by atoms with Crippen LogP contribution in [0.25, 0.3) is 22.2 Å². The van der Waals surface area contributed by atoms with Crippen molar-refractivity contribution in [2.75, 3.05) is 18.4 Å². The molecule has 1 atom stereocenters. The molecule has 3 aromatic rings. The van der Waals surface area contributed by atoms with Gasteiger partial charge in [0.25, 0.3) is 0 Å². The number of aromatic nitrogens is 4. The van der Waals surface area contributed by atoms with Gasteiger partial charge in [-0.3, -0.25) is 15.0 Å². The number of hydrogen-bond acceptors (Lipinski definition) is 5. The molecule has 0 bridgehead atoms. The lowest BCUT2D eigenvalue weighted by Gasteiger charge is -2.31. The molecule has 1 aliphatic rings. The van der Waals surface area contributed by atoms with E-state index >= 15 is 0 Å². The van der Waals surface area contributed by atoms with Gasteiger partial charge in [-0.1, -0.05) is 18.6 Å². The molecule has 1 aliphatic heterocycles. The molecule has 28 heavy (non-hydrogen) atoms. The van der Waals surface area contributed by atoms with E-state index in [0.717, 1.165) is 53.9 Å². The Morgan fingerprint density at radius 2 is 1.93 bits per heavy atom. The number of carbonyl (C=O) groups is 1. The number of fused-ring (bicyclic) bond motifs is 1. The van der Waals surface area contributed by atoms with Crippen LogP contribution in [-0.2, 0) is 11.8 Å². The number of benzene rings is 1. The average molecular weight is 378 g/mol. The van der Waals surface area contributed by atoms with E-state index in [1.807, 2.05) is 49.9 Å². The molecule has 0 saturated carbocycles. The molecule has 146 valence electrons. The molecule has 1 N–H and O–H groups in total. The van der Waals surface area contributed by atoms with E-state index in [2.05, 4.69) is 25.2 Å². The maximum absolute atomic E-state index is 12.6. The smallest absolute Gasteiger partial charge is 0.243 e. The van der Waals surface area contributed by atoms with Crippen LogP contribution in [0.4, 0.5) is 5.95 Å². The van der Waals surface area contributed by atoms with Gasteiger partial charge in [-0.2, -0.15) is 0 Å². The summed E-state index contributed by atoms with van der Waals surface area (Å²) in [6, 6.07) is 5.87. The van der Waals surface area contributed by atoms with E-state index in [-0.39, 0.29) is 11.9 Å². The number of carbonyl (C=O) groups excluding carboxylic acids is 1. The van der Waals surface area contributed by atoms with Crippen molar-refractivity contribution in [2.45, 2.75) is 39.2 Å². The second-order valence-corrected chi connectivity index (χ2v) is 7.48. The molecule has 1 amide bonds. The Balaban J connectivity index is 1.56. The Labute approximate surface area is 164 Å². The Morgan fingerprint density at radius 1 is 1.14 bits per heavy atom. The number of anilines is 1. The molecule has 2 aromatic heterocycles. The summed E-state index contributed by atoms with van der Waals surface area (Å²) in [6.45, 7) is 5.87. The van der Waals surface area contributed by atoms with Gasteiger partial charge in [0.05, 0.1) is 23.4 Å². The maximum atomic E-state index is 12.6. The van der Waals surface area contributed by atoms with Gasteiger partial charge in [-0.15, -0.1) is 0 Å². The van der Waals surface area contributed by atoms with Crippen LogP contribution >= 0.6 is 0 Å². The number of piperidine rings is 1. The number of nitrogens with one attached hydrogen (secondary N) is 1. The SMILES string of the molecule is Cc1ncc(-c2ccc3cnc(NC(=O)C(C)N4CCCCC4)nc3c2)n1C. The minimum absolute atomic E-state index is 0.0559. The lowest BCUT2D eigenvalue weighted by Crippen LogP contribution is -2.44. The summed E-state index contributed by atoms with van der Waals surface area (Å²) in [6.07, 6.45) is 7.17. The standard InChI is InChI=1S/C21H26N6O/c1-14(27-9-5-4-6-10-27)20(28)25-21-23-12-17-8-7-16(11-18(17)24-21)19-13-22-15(2)26(19)3/h7-8,11-14H,4-6,9-10H2,1-3H3,(H,23,24,25,28). The fraction of sp³-hybridized carbons (Fsp3) is 0.429. The normalized spacial score (nSPS) is 16.2. The molecule has 7 heteroatoms. The van der Waals surface area contributed by atoms with Gasteiger partial charge in [0, 0.05) is 24.2 Å². The zero-order chi connectivity index (χ0) is 19.7. The largest absolute Gasteiger partial charge is 0.331 e. The van der Waals surface area contributed by atoms with Crippen molar-refractivity contribution in [3.63, 3.8) is 0 Å². The van der Waals surface area contributed by atoms with Crippen molar-refractivity contribution >= 4 is 22.8 Å². The third-order valence-corrected chi connectivity index (χ3v) is 5.65. The molecule has 0 aliphatic carbocycles. The molecule has 3 heterocycles. The Kier molecular flexibility index (Phi) is 5.09. The van der Waals surface area contributed by atoms with Crippen LogP contribution in [0.3, 0.4) is 0 Å². The summed E-state index contributed by atoms with van der Waals surface area (Å²) in [4.78, 5) is 28.1. The minimum atomic E-state index is -0.177. The van der Waals surface area contributed by atoms with E-state index in [4.69, 9.17) is 0 Å². The first kappa shape index (κ1) is 18.6. The van der Waals surface area contributed by atoms with Crippen LogP contribution in [0.5, 0.6) is 0 Å². The molecule has 1 unspecified atom stereocenters. The average Bonchev–Trinajstić information content (AvgIpc) is 3.06. The minimum Gasteiger partial charge on any atom is -0.331 e. The first-order chi connectivity index (χ1) is 13.5. The zero-order valence-electron chi connectivity index (χ0n) is 16.6. The summed E-state index contributed by atoms with van der Waals surface area (Å²) in [5.74, 6) is 1.25. The van der Waals surface area contributed by atoms with E-state index < -0.39 is 0 Å². The van der Waals surface area contributed by atoms with Crippen molar-refractivity contribution in [2.24, 2.45) is 7.05 Å². The topological polar surface area (TPSA) is 75.9 Å². The van der Waals surface area contributed by atoms with Crippen molar-refractivity contribution < 1.29 is 4.79 Å². The van der Waals surface area contributed by atoms with Crippen molar-refractivity contribution in [3.8, 4) is 11.3 Å². The Hall–Kier alpha value is -2.80. The highest BCUT2D eigenvalue weighted by atomic mass is 16.2. The maximum Gasteiger partial charge on any atom is 0.243 e. The monoisotopic (exact) mass is 378 g/mol.